The Bertz CT molecular complexity index is 641. The minimum absolute atomic E-state index is 0.268. The van der Waals surface area contributed by atoms with Gasteiger partial charge in [-0.2, -0.15) is 0 Å². The Morgan fingerprint density at radius 3 is 3.16 bits per heavy atom. The fraction of sp³-hybridized carbons (Fsp3) is 0.231. The third-order valence-corrected chi connectivity index (χ3v) is 4.05. The number of hydrogen-bond donors (Lipinski definition) is 0. The molecule has 0 saturated heterocycles. The second-order valence-corrected chi connectivity index (χ2v) is 5.18. The Labute approximate surface area is 113 Å². The summed E-state index contributed by atoms with van der Waals surface area (Å²) in [6, 6.07) is 4.76. The number of anilines is 2. The van der Waals surface area contributed by atoms with E-state index in [-0.39, 0.29) is 5.82 Å². The van der Waals surface area contributed by atoms with Crippen molar-refractivity contribution in [2.75, 3.05) is 18.6 Å². The molecule has 2 heterocycles. The van der Waals surface area contributed by atoms with Crippen LogP contribution in [-0.4, -0.2) is 24.6 Å². The van der Waals surface area contributed by atoms with Gasteiger partial charge in [0.2, 0.25) is 0 Å². The molecule has 0 spiro atoms. The average molecular weight is 278 g/mol. The molecule has 3 rings (SSSR count). The number of ether oxygens (including phenoxy) is 1. The molecule has 2 aromatic rings. The number of carbonyl (C=O) groups excluding carboxylic acids is 1. The zero-order valence-electron chi connectivity index (χ0n) is 10.2. The minimum Gasteiger partial charge on any atom is -0.465 e. The van der Waals surface area contributed by atoms with Crippen LogP contribution in [0, 0.1) is 5.82 Å². The second-order valence-electron chi connectivity index (χ2n) is 4.17. The highest BCUT2D eigenvalue weighted by molar-refractivity contribution is 7.17. The Kier molecular flexibility index (Phi) is 2.94. The highest BCUT2D eigenvalue weighted by Gasteiger charge is 2.24. The normalized spacial score (nSPS) is 13.5. The fourth-order valence-electron chi connectivity index (χ4n) is 2.14. The minimum atomic E-state index is -0.401. The van der Waals surface area contributed by atoms with Crippen molar-refractivity contribution in [3.05, 3.63) is 40.7 Å². The molecule has 0 amide bonds. The van der Waals surface area contributed by atoms with Crippen LogP contribution in [0.2, 0.25) is 0 Å². The lowest BCUT2D eigenvalue weighted by atomic mass is 10.2. The molecular weight excluding hydrogens is 267 g/mol. The van der Waals surface area contributed by atoms with E-state index in [1.54, 1.807) is 6.07 Å². The predicted molar refractivity (Wildman–Crippen MR) is 70.6 cm³/mol. The summed E-state index contributed by atoms with van der Waals surface area (Å²) >= 11 is 1.25. The van der Waals surface area contributed by atoms with Crippen LogP contribution in [0.4, 0.5) is 15.2 Å². The summed E-state index contributed by atoms with van der Waals surface area (Å²) < 4.78 is 18.0. The predicted octanol–water partition coefficient (Wildman–Crippen LogP) is 2.76. The van der Waals surface area contributed by atoms with Gasteiger partial charge in [0.1, 0.15) is 10.7 Å². The number of rotatable bonds is 2. The number of benzene rings is 1. The number of hydrogen-bond acceptors (Lipinski definition) is 5. The van der Waals surface area contributed by atoms with Gasteiger partial charge in [0.05, 0.1) is 13.3 Å². The summed E-state index contributed by atoms with van der Waals surface area (Å²) in [6.45, 7) is 0.743. The van der Waals surface area contributed by atoms with Gasteiger partial charge in [-0.15, -0.1) is 0 Å². The van der Waals surface area contributed by atoms with Crippen LogP contribution >= 0.6 is 11.3 Å². The molecule has 1 aliphatic rings. The molecule has 0 atom stereocenters. The first-order valence-corrected chi connectivity index (χ1v) is 6.61. The van der Waals surface area contributed by atoms with Gasteiger partial charge in [0, 0.05) is 12.2 Å². The zero-order chi connectivity index (χ0) is 13.4. The van der Waals surface area contributed by atoms with Gasteiger partial charge < -0.3 is 9.64 Å². The number of methoxy groups -OCH3 is 1. The number of thiazole rings is 1. The van der Waals surface area contributed by atoms with Crippen molar-refractivity contribution in [3.8, 4) is 0 Å². The third-order valence-electron chi connectivity index (χ3n) is 3.05. The Morgan fingerprint density at radius 1 is 1.53 bits per heavy atom. The van der Waals surface area contributed by atoms with Crippen molar-refractivity contribution < 1.29 is 13.9 Å². The first-order chi connectivity index (χ1) is 9.19. The average Bonchev–Trinajstić information content (AvgIpc) is 3.03. The van der Waals surface area contributed by atoms with E-state index in [1.165, 1.54) is 36.8 Å². The van der Waals surface area contributed by atoms with Crippen molar-refractivity contribution in [3.63, 3.8) is 0 Å². The van der Waals surface area contributed by atoms with Crippen molar-refractivity contribution in [1.82, 2.24) is 4.98 Å². The zero-order valence-corrected chi connectivity index (χ0v) is 11.0. The third kappa shape index (κ3) is 2.08. The Morgan fingerprint density at radius 2 is 2.37 bits per heavy atom. The summed E-state index contributed by atoms with van der Waals surface area (Å²) in [5.41, 5.74) is 1.92. The van der Waals surface area contributed by atoms with Crippen LogP contribution in [0.5, 0.6) is 0 Å². The Balaban J connectivity index is 1.95. The second kappa shape index (κ2) is 4.62. The van der Waals surface area contributed by atoms with E-state index in [9.17, 15) is 9.18 Å². The van der Waals surface area contributed by atoms with E-state index in [2.05, 4.69) is 9.72 Å². The van der Waals surface area contributed by atoms with Gasteiger partial charge in [0.25, 0.3) is 0 Å². The van der Waals surface area contributed by atoms with Crippen LogP contribution in [0.1, 0.15) is 15.2 Å². The van der Waals surface area contributed by atoms with E-state index >= 15 is 0 Å². The maximum absolute atomic E-state index is 13.3. The molecule has 1 aromatic carbocycles. The number of esters is 1. The van der Waals surface area contributed by atoms with Gasteiger partial charge in [-0.1, -0.05) is 17.4 Å². The molecule has 0 unspecified atom stereocenters. The van der Waals surface area contributed by atoms with Crippen molar-refractivity contribution in [2.45, 2.75) is 6.42 Å². The van der Waals surface area contributed by atoms with Gasteiger partial charge in [-0.05, 0) is 24.1 Å². The van der Waals surface area contributed by atoms with Crippen LogP contribution in [0.3, 0.4) is 0 Å². The maximum Gasteiger partial charge on any atom is 0.349 e. The van der Waals surface area contributed by atoms with Crippen molar-refractivity contribution in [1.29, 1.82) is 0 Å². The van der Waals surface area contributed by atoms with Crippen molar-refractivity contribution in [2.24, 2.45) is 0 Å². The summed E-state index contributed by atoms with van der Waals surface area (Å²) in [4.78, 5) is 18.0. The van der Waals surface area contributed by atoms with Crippen LogP contribution in [-0.2, 0) is 11.2 Å². The van der Waals surface area contributed by atoms with Crippen molar-refractivity contribution >= 4 is 28.1 Å². The van der Waals surface area contributed by atoms with Gasteiger partial charge in [-0.3, -0.25) is 0 Å². The largest absolute Gasteiger partial charge is 0.465 e. The van der Waals surface area contributed by atoms with E-state index in [0.29, 0.717) is 10.0 Å². The monoisotopic (exact) mass is 278 g/mol. The maximum atomic E-state index is 13.3. The smallest absolute Gasteiger partial charge is 0.349 e. The standard InChI is InChI=1S/C13H11FN2O2S/c1-18-12(17)11-7-15-13(19-11)16-5-4-8-2-3-9(14)6-10(8)16/h2-3,6-7H,4-5H2,1H3. The molecule has 0 saturated carbocycles. The SMILES string of the molecule is COC(=O)c1cnc(N2CCc3ccc(F)cc32)s1. The van der Waals surface area contributed by atoms with Gasteiger partial charge >= 0.3 is 5.97 Å². The molecule has 19 heavy (non-hydrogen) atoms. The van der Waals surface area contributed by atoms with Gasteiger partial charge in [0.15, 0.2) is 5.13 Å². The molecule has 0 fully saturated rings. The van der Waals surface area contributed by atoms with Crippen LogP contribution in [0.25, 0.3) is 0 Å². The summed E-state index contributed by atoms with van der Waals surface area (Å²) in [5.74, 6) is -0.669. The van der Waals surface area contributed by atoms with Gasteiger partial charge in [-0.25, -0.2) is 14.2 Å². The van der Waals surface area contributed by atoms with E-state index in [1.807, 2.05) is 4.90 Å². The lowest BCUT2D eigenvalue weighted by Crippen LogP contribution is -2.12. The highest BCUT2D eigenvalue weighted by atomic mass is 32.1. The first-order valence-electron chi connectivity index (χ1n) is 5.79. The Hall–Kier alpha value is -1.95. The molecule has 1 aliphatic heterocycles. The molecule has 0 radical (unpaired) electrons. The molecule has 0 N–H and O–H groups in total. The lowest BCUT2D eigenvalue weighted by Gasteiger charge is -2.15. The van der Waals surface area contributed by atoms with Crippen LogP contribution in [0.15, 0.2) is 24.4 Å². The number of halogens is 1. The number of aromatic nitrogens is 1. The van der Waals surface area contributed by atoms with E-state index in [4.69, 9.17) is 0 Å². The quantitative estimate of drug-likeness (QED) is 0.792. The van der Waals surface area contributed by atoms with Crippen LogP contribution < -0.4 is 4.90 Å². The number of nitrogens with zero attached hydrogens (tertiary/aromatic N) is 2. The highest BCUT2D eigenvalue weighted by Crippen LogP contribution is 2.37. The number of carbonyl (C=O) groups is 1. The molecule has 0 aliphatic carbocycles. The topological polar surface area (TPSA) is 42.4 Å². The first kappa shape index (κ1) is 12.1. The molecule has 1 aromatic heterocycles. The fourth-order valence-corrected chi connectivity index (χ4v) is 3.01. The number of fused-ring (bicyclic) bond motifs is 1. The summed E-state index contributed by atoms with van der Waals surface area (Å²) in [7, 11) is 1.34. The molecule has 4 nitrogen and oxygen atoms in total. The molecule has 0 bridgehead atoms. The summed E-state index contributed by atoms with van der Waals surface area (Å²) in [5, 5.41) is 0.685. The molecule has 98 valence electrons. The molecule has 6 heteroatoms. The van der Waals surface area contributed by atoms with E-state index in [0.717, 1.165) is 24.2 Å². The lowest BCUT2D eigenvalue weighted by molar-refractivity contribution is 0.0606. The van der Waals surface area contributed by atoms with E-state index < -0.39 is 5.97 Å². The molecular formula is C13H11FN2O2S. The summed E-state index contributed by atoms with van der Waals surface area (Å²) in [6.07, 6.45) is 2.34.